The van der Waals surface area contributed by atoms with Crippen LogP contribution < -0.4 is 10.6 Å². The van der Waals surface area contributed by atoms with Crippen LogP contribution in [0.25, 0.3) is 0 Å². The van der Waals surface area contributed by atoms with Crippen molar-refractivity contribution in [2.75, 3.05) is 0 Å². The zero-order chi connectivity index (χ0) is 16.3. The van der Waals surface area contributed by atoms with Crippen LogP contribution in [-0.4, -0.2) is 6.03 Å². The highest BCUT2D eigenvalue weighted by atomic mass is 16.3. The molecule has 0 spiro atoms. The Bertz CT molecular complexity index is 650. The molecular formula is C18H24N2O2. The summed E-state index contributed by atoms with van der Waals surface area (Å²) in [5.74, 6) is 1.60. The van der Waals surface area contributed by atoms with Gasteiger partial charge in [0, 0.05) is 6.54 Å². The maximum Gasteiger partial charge on any atom is 0.315 e. The first kappa shape index (κ1) is 16.1. The molecule has 0 bridgehead atoms. The summed E-state index contributed by atoms with van der Waals surface area (Å²) in [4.78, 5) is 12.0. The van der Waals surface area contributed by atoms with Crippen LogP contribution in [0.2, 0.25) is 0 Å². The van der Waals surface area contributed by atoms with E-state index in [2.05, 4.69) is 43.5 Å². The second-order valence-corrected chi connectivity index (χ2v) is 5.87. The Morgan fingerprint density at radius 3 is 2.32 bits per heavy atom. The quantitative estimate of drug-likeness (QED) is 0.894. The van der Waals surface area contributed by atoms with Gasteiger partial charge in [-0.25, -0.2) is 4.79 Å². The number of furan rings is 1. The van der Waals surface area contributed by atoms with Crippen molar-refractivity contribution in [3.63, 3.8) is 0 Å². The van der Waals surface area contributed by atoms with Crippen LogP contribution in [0.3, 0.4) is 0 Å². The molecule has 2 amide bonds. The SMILES string of the molecule is Cc1cc(C)c(CNC(=O)NC(C)c2ccc(C)o2)c(C)c1. The summed E-state index contributed by atoms with van der Waals surface area (Å²) >= 11 is 0. The molecule has 0 fully saturated rings. The van der Waals surface area contributed by atoms with Crippen molar-refractivity contribution in [3.05, 3.63) is 58.0 Å². The summed E-state index contributed by atoms with van der Waals surface area (Å²) in [7, 11) is 0. The zero-order valence-corrected chi connectivity index (χ0v) is 13.9. The van der Waals surface area contributed by atoms with E-state index < -0.39 is 0 Å². The van der Waals surface area contributed by atoms with Gasteiger partial charge in [-0.15, -0.1) is 0 Å². The minimum atomic E-state index is -0.194. The van der Waals surface area contributed by atoms with E-state index in [-0.39, 0.29) is 12.1 Å². The second-order valence-electron chi connectivity index (χ2n) is 5.87. The Morgan fingerprint density at radius 2 is 1.77 bits per heavy atom. The Labute approximate surface area is 131 Å². The van der Waals surface area contributed by atoms with E-state index in [1.807, 2.05) is 26.0 Å². The summed E-state index contributed by atoms with van der Waals surface area (Å²) in [5.41, 5.74) is 4.81. The molecule has 22 heavy (non-hydrogen) atoms. The van der Waals surface area contributed by atoms with Crippen molar-refractivity contribution in [2.24, 2.45) is 0 Å². The van der Waals surface area contributed by atoms with E-state index in [9.17, 15) is 4.79 Å². The highest BCUT2D eigenvalue weighted by Gasteiger charge is 2.13. The Morgan fingerprint density at radius 1 is 1.14 bits per heavy atom. The minimum absolute atomic E-state index is 0.158. The first-order valence-corrected chi connectivity index (χ1v) is 7.54. The predicted octanol–water partition coefficient (Wildman–Crippen LogP) is 4.07. The van der Waals surface area contributed by atoms with Gasteiger partial charge in [0.15, 0.2) is 0 Å². The molecule has 1 heterocycles. The largest absolute Gasteiger partial charge is 0.464 e. The van der Waals surface area contributed by atoms with Gasteiger partial charge < -0.3 is 15.1 Å². The van der Waals surface area contributed by atoms with Gasteiger partial charge in [-0.2, -0.15) is 0 Å². The summed E-state index contributed by atoms with van der Waals surface area (Å²) < 4.78 is 5.52. The molecule has 4 heteroatoms. The zero-order valence-electron chi connectivity index (χ0n) is 13.9. The summed E-state index contributed by atoms with van der Waals surface area (Å²) in [6.07, 6.45) is 0. The van der Waals surface area contributed by atoms with Crippen molar-refractivity contribution in [2.45, 2.75) is 47.2 Å². The average Bonchev–Trinajstić information content (AvgIpc) is 2.84. The lowest BCUT2D eigenvalue weighted by Crippen LogP contribution is -2.36. The molecular weight excluding hydrogens is 276 g/mol. The third-order valence-corrected chi connectivity index (χ3v) is 3.80. The van der Waals surface area contributed by atoms with Crippen LogP contribution in [0.1, 0.15) is 46.7 Å². The van der Waals surface area contributed by atoms with Crippen LogP contribution >= 0.6 is 0 Å². The van der Waals surface area contributed by atoms with Crippen LogP contribution in [-0.2, 0) is 6.54 Å². The fraction of sp³-hybridized carbons (Fsp3) is 0.389. The average molecular weight is 300 g/mol. The van der Waals surface area contributed by atoms with Gasteiger partial charge in [-0.05, 0) is 63.4 Å². The minimum Gasteiger partial charge on any atom is -0.464 e. The van der Waals surface area contributed by atoms with Crippen molar-refractivity contribution in [1.82, 2.24) is 10.6 Å². The first-order valence-electron chi connectivity index (χ1n) is 7.54. The monoisotopic (exact) mass is 300 g/mol. The number of carbonyl (C=O) groups excluding carboxylic acids is 1. The molecule has 1 atom stereocenters. The summed E-state index contributed by atoms with van der Waals surface area (Å²) in [6, 6.07) is 7.69. The van der Waals surface area contributed by atoms with Gasteiger partial charge >= 0.3 is 6.03 Å². The number of urea groups is 1. The molecule has 2 aromatic rings. The standard InChI is InChI=1S/C18H24N2O2/c1-11-8-12(2)16(13(3)9-11)10-19-18(21)20-15(5)17-7-6-14(4)22-17/h6-9,15H,10H2,1-5H3,(H2,19,20,21). The lowest BCUT2D eigenvalue weighted by atomic mass is 10.00. The smallest absolute Gasteiger partial charge is 0.315 e. The fourth-order valence-electron chi connectivity index (χ4n) is 2.66. The number of hydrogen-bond donors (Lipinski definition) is 2. The maximum absolute atomic E-state index is 12.0. The Hall–Kier alpha value is -2.23. The third-order valence-electron chi connectivity index (χ3n) is 3.80. The topological polar surface area (TPSA) is 54.3 Å². The Kier molecular flexibility index (Phi) is 4.91. The maximum atomic E-state index is 12.0. The van der Waals surface area contributed by atoms with E-state index in [1.54, 1.807) is 0 Å². The van der Waals surface area contributed by atoms with E-state index >= 15 is 0 Å². The van der Waals surface area contributed by atoms with E-state index in [1.165, 1.54) is 22.3 Å². The van der Waals surface area contributed by atoms with Crippen LogP contribution in [0.4, 0.5) is 4.79 Å². The van der Waals surface area contributed by atoms with Crippen LogP contribution in [0.15, 0.2) is 28.7 Å². The normalized spacial score (nSPS) is 12.0. The third kappa shape index (κ3) is 3.91. The van der Waals surface area contributed by atoms with Crippen molar-refractivity contribution >= 4 is 6.03 Å². The molecule has 0 aliphatic rings. The van der Waals surface area contributed by atoms with Gasteiger partial charge in [-0.3, -0.25) is 0 Å². The second kappa shape index (κ2) is 6.69. The molecule has 1 unspecified atom stereocenters. The molecule has 4 nitrogen and oxygen atoms in total. The van der Waals surface area contributed by atoms with Crippen molar-refractivity contribution in [1.29, 1.82) is 0 Å². The summed E-state index contributed by atoms with van der Waals surface area (Å²) in [6.45, 7) is 10.5. The van der Waals surface area contributed by atoms with Crippen molar-refractivity contribution < 1.29 is 9.21 Å². The lowest BCUT2D eigenvalue weighted by Gasteiger charge is -2.15. The molecule has 0 aliphatic heterocycles. The first-order chi connectivity index (χ1) is 10.4. The van der Waals surface area contributed by atoms with E-state index in [4.69, 9.17) is 4.42 Å². The summed E-state index contributed by atoms with van der Waals surface area (Å²) in [5, 5.41) is 5.80. The number of benzene rings is 1. The molecule has 0 radical (unpaired) electrons. The van der Waals surface area contributed by atoms with Crippen molar-refractivity contribution in [3.8, 4) is 0 Å². The van der Waals surface area contributed by atoms with E-state index in [0.29, 0.717) is 6.54 Å². The fourth-order valence-corrected chi connectivity index (χ4v) is 2.66. The van der Waals surface area contributed by atoms with Gasteiger partial charge in [0.25, 0.3) is 0 Å². The number of hydrogen-bond acceptors (Lipinski definition) is 2. The molecule has 1 aromatic carbocycles. The highest BCUT2D eigenvalue weighted by Crippen LogP contribution is 2.17. The van der Waals surface area contributed by atoms with Crippen LogP contribution in [0, 0.1) is 27.7 Å². The highest BCUT2D eigenvalue weighted by molar-refractivity contribution is 5.74. The molecule has 1 aromatic heterocycles. The number of amides is 2. The number of carbonyl (C=O) groups is 1. The number of nitrogens with one attached hydrogen (secondary N) is 2. The lowest BCUT2D eigenvalue weighted by molar-refractivity contribution is 0.235. The van der Waals surface area contributed by atoms with Gasteiger partial charge in [0.2, 0.25) is 0 Å². The van der Waals surface area contributed by atoms with Gasteiger partial charge in [-0.1, -0.05) is 17.7 Å². The Balaban J connectivity index is 1.93. The van der Waals surface area contributed by atoms with Gasteiger partial charge in [0.05, 0.1) is 6.04 Å². The predicted molar refractivity (Wildman–Crippen MR) is 87.9 cm³/mol. The van der Waals surface area contributed by atoms with Gasteiger partial charge in [0.1, 0.15) is 11.5 Å². The molecule has 0 saturated heterocycles. The molecule has 2 rings (SSSR count). The molecule has 0 aliphatic carbocycles. The molecule has 2 N–H and O–H groups in total. The number of rotatable bonds is 4. The number of aryl methyl sites for hydroxylation is 4. The molecule has 0 saturated carbocycles. The van der Waals surface area contributed by atoms with Crippen LogP contribution in [0.5, 0.6) is 0 Å². The van der Waals surface area contributed by atoms with E-state index in [0.717, 1.165) is 11.5 Å². The molecule has 118 valence electrons.